The highest BCUT2D eigenvalue weighted by Crippen LogP contribution is 2.15. The molecule has 0 N–H and O–H groups in total. The Morgan fingerprint density at radius 2 is 2.05 bits per heavy atom. The smallest absolute Gasteiger partial charge is 0.306 e. The molecule has 1 aromatic carbocycles. The van der Waals surface area contributed by atoms with E-state index in [4.69, 9.17) is 4.74 Å². The highest BCUT2D eigenvalue weighted by molar-refractivity contribution is 5.97. The molecule has 0 amide bonds. The summed E-state index contributed by atoms with van der Waals surface area (Å²) >= 11 is 0. The summed E-state index contributed by atoms with van der Waals surface area (Å²) in [4.78, 5) is 25.7. The Labute approximate surface area is 119 Å². The van der Waals surface area contributed by atoms with Crippen molar-refractivity contribution < 1.29 is 14.3 Å². The third-order valence-corrected chi connectivity index (χ3v) is 3.47. The summed E-state index contributed by atoms with van der Waals surface area (Å²) in [6.45, 7) is 5.30. The van der Waals surface area contributed by atoms with Crippen LogP contribution in [-0.4, -0.2) is 36.3 Å². The standard InChI is InChI=1S/C16H21NO3/c1-2-20-16(19)8-7-15(18)14-6-3-5-13(11-14)12-17-9-4-10-17/h3,5-6,11H,2,4,7-10,12H2,1H3. The maximum absolute atomic E-state index is 12.1. The van der Waals surface area contributed by atoms with Crippen molar-refractivity contribution in [2.45, 2.75) is 32.7 Å². The fraction of sp³-hybridized carbons (Fsp3) is 0.500. The van der Waals surface area contributed by atoms with Crippen LogP contribution in [0.25, 0.3) is 0 Å². The minimum absolute atomic E-state index is 0.00325. The summed E-state index contributed by atoms with van der Waals surface area (Å²) in [6, 6.07) is 7.70. The minimum Gasteiger partial charge on any atom is -0.466 e. The van der Waals surface area contributed by atoms with E-state index in [0.717, 1.165) is 25.2 Å². The Bertz CT molecular complexity index is 480. The minimum atomic E-state index is -0.308. The van der Waals surface area contributed by atoms with E-state index in [1.165, 1.54) is 6.42 Å². The molecule has 0 unspecified atom stereocenters. The molecule has 0 spiro atoms. The molecular formula is C16H21NO3. The molecule has 1 aliphatic heterocycles. The molecule has 0 atom stereocenters. The molecule has 0 bridgehead atoms. The lowest BCUT2D eigenvalue weighted by Gasteiger charge is -2.30. The summed E-state index contributed by atoms with van der Waals surface area (Å²) in [6.07, 6.45) is 1.63. The van der Waals surface area contributed by atoms with Crippen LogP contribution in [0.15, 0.2) is 24.3 Å². The van der Waals surface area contributed by atoms with Crippen molar-refractivity contribution in [3.63, 3.8) is 0 Å². The second-order valence-corrected chi connectivity index (χ2v) is 5.06. The molecule has 1 aliphatic rings. The molecule has 20 heavy (non-hydrogen) atoms. The zero-order valence-electron chi connectivity index (χ0n) is 11.9. The van der Waals surface area contributed by atoms with Crippen LogP contribution >= 0.6 is 0 Å². The second-order valence-electron chi connectivity index (χ2n) is 5.06. The largest absolute Gasteiger partial charge is 0.466 e. The summed E-state index contributed by atoms with van der Waals surface area (Å²) in [5.41, 5.74) is 1.85. The first-order valence-electron chi connectivity index (χ1n) is 7.19. The molecule has 1 heterocycles. The van der Waals surface area contributed by atoms with Gasteiger partial charge in [-0.05, 0) is 38.1 Å². The van der Waals surface area contributed by atoms with Crippen LogP contribution in [0.3, 0.4) is 0 Å². The Morgan fingerprint density at radius 1 is 1.25 bits per heavy atom. The molecule has 1 saturated heterocycles. The molecule has 1 fully saturated rings. The number of hydrogen-bond donors (Lipinski definition) is 0. The van der Waals surface area contributed by atoms with Gasteiger partial charge in [-0.15, -0.1) is 0 Å². The molecule has 4 nitrogen and oxygen atoms in total. The van der Waals surface area contributed by atoms with Gasteiger partial charge in [0.25, 0.3) is 0 Å². The summed E-state index contributed by atoms with van der Waals surface area (Å²) in [7, 11) is 0. The molecular weight excluding hydrogens is 254 g/mol. The number of rotatable bonds is 7. The normalized spacial score (nSPS) is 14.7. The summed E-state index contributed by atoms with van der Waals surface area (Å²) in [5, 5.41) is 0. The van der Waals surface area contributed by atoms with E-state index in [-0.39, 0.29) is 24.6 Å². The van der Waals surface area contributed by atoms with Gasteiger partial charge in [0, 0.05) is 18.5 Å². The number of likely N-dealkylation sites (tertiary alicyclic amines) is 1. The zero-order valence-corrected chi connectivity index (χ0v) is 11.9. The van der Waals surface area contributed by atoms with Gasteiger partial charge in [0.2, 0.25) is 0 Å². The quantitative estimate of drug-likeness (QED) is 0.566. The predicted molar refractivity (Wildman–Crippen MR) is 76.5 cm³/mol. The van der Waals surface area contributed by atoms with Crippen molar-refractivity contribution in [1.29, 1.82) is 0 Å². The van der Waals surface area contributed by atoms with Crippen LogP contribution in [0.4, 0.5) is 0 Å². The maximum Gasteiger partial charge on any atom is 0.306 e. The van der Waals surface area contributed by atoms with E-state index in [0.29, 0.717) is 12.2 Å². The summed E-state index contributed by atoms with van der Waals surface area (Å²) < 4.78 is 4.83. The van der Waals surface area contributed by atoms with Gasteiger partial charge < -0.3 is 4.74 Å². The third-order valence-electron chi connectivity index (χ3n) is 3.47. The lowest BCUT2D eigenvalue weighted by molar-refractivity contribution is -0.143. The van der Waals surface area contributed by atoms with Crippen molar-refractivity contribution in [2.75, 3.05) is 19.7 Å². The van der Waals surface area contributed by atoms with Gasteiger partial charge in [-0.1, -0.05) is 18.2 Å². The van der Waals surface area contributed by atoms with Crippen LogP contribution in [0.5, 0.6) is 0 Å². The van der Waals surface area contributed by atoms with E-state index in [1.54, 1.807) is 6.92 Å². The van der Waals surface area contributed by atoms with E-state index >= 15 is 0 Å². The van der Waals surface area contributed by atoms with Gasteiger partial charge in [0.15, 0.2) is 5.78 Å². The average molecular weight is 275 g/mol. The third kappa shape index (κ3) is 4.17. The topological polar surface area (TPSA) is 46.6 Å². The van der Waals surface area contributed by atoms with Crippen LogP contribution in [-0.2, 0) is 16.1 Å². The number of esters is 1. The van der Waals surface area contributed by atoms with Crippen LogP contribution < -0.4 is 0 Å². The van der Waals surface area contributed by atoms with Crippen molar-refractivity contribution in [1.82, 2.24) is 4.90 Å². The number of ketones is 1. The lowest BCUT2D eigenvalue weighted by Crippen LogP contribution is -2.36. The first-order chi connectivity index (χ1) is 9.69. The Morgan fingerprint density at radius 3 is 2.70 bits per heavy atom. The van der Waals surface area contributed by atoms with Crippen molar-refractivity contribution in [3.8, 4) is 0 Å². The monoisotopic (exact) mass is 275 g/mol. The number of benzene rings is 1. The molecule has 0 radical (unpaired) electrons. The highest BCUT2D eigenvalue weighted by Gasteiger charge is 2.15. The number of carbonyl (C=O) groups is 2. The first-order valence-corrected chi connectivity index (χ1v) is 7.19. The van der Waals surface area contributed by atoms with Crippen LogP contribution in [0, 0.1) is 0 Å². The molecule has 108 valence electrons. The first kappa shape index (κ1) is 14.7. The molecule has 1 aromatic rings. The van der Waals surface area contributed by atoms with E-state index in [1.807, 2.05) is 24.3 Å². The van der Waals surface area contributed by atoms with Crippen molar-refractivity contribution >= 4 is 11.8 Å². The van der Waals surface area contributed by atoms with Crippen LogP contribution in [0.2, 0.25) is 0 Å². The van der Waals surface area contributed by atoms with Gasteiger partial charge in [0.1, 0.15) is 0 Å². The summed E-state index contributed by atoms with van der Waals surface area (Å²) in [5.74, 6) is -0.305. The van der Waals surface area contributed by atoms with Gasteiger partial charge in [-0.2, -0.15) is 0 Å². The maximum atomic E-state index is 12.1. The van der Waals surface area contributed by atoms with Gasteiger partial charge >= 0.3 is 5.97 Å². The number of carbonyl (C=O) groups excluding carboxylic acids is 2. The van der Waals surface area contributed by atoms with E-state index in [9.17, 15) is 9.59 Å². The Balaban J connectivity index is 1.88. The number of hydrogen-bond acceptors (Lipinski definition) is 4. The second kappa shape index (κ2) is 7.20. The number of Topliss-reactive ketones (excluding diaryl/α,β-unsaturated/α-hetero) is 1. The molecule has 2 rings (SSSR count). The van der Waals surface area contributed by atoms with E-state index < -0.39 is 0 Å². The Kier molecular flexibility index (Phi) is 5.30. The molecule has 4 heteroatoms. The number of nitrogens with zero attached hydrogens (tertiary/aromatic N) is 1. The van der Waals surface area contributed by atoms with Crippen LogP contribution in [0.1, 0.15) is 42.1 Å². The van der Waals surface area contributed by atoms with Crippen molar-refractivity contribution in [2.24, 2.45) is 0 Å². The molecule has 0 saturated carbocycles. The van der Waals surface area contributed by atoms with Gasteiger partial charge in [-0.3, -0.25) is 14.5 Å². The highest BCUT2D eigenvalue weighted by atomic mass is 16.5. The number of ether oxygens (including phenoxy) is 1. The fourth-order valence-corrected chi connectivity index (χ4v) is 2.23. The van der Waals surface area contributed by atoms with Crippen molar-refractivity contribution in [3.05, 3.63) is 35.4 Å². The molecule has 0 aliphatic carbocycles. The SMILES string of the molecule is CCOC(=O)CCC(=O)c1cccc(CN2CCC2)c1. The average Bonchev–Trinajstić information content (AvgIpc) is 2.41. The zero-order chi connectivity index (χ0) is 14.4. The van der Waals surface area contributed by atoms with Gasteiger partial charge in [-0.25, -0.2) is 0 Å². The predicted octanol–water partition coefficient (Wildman–Crippen LogP) is 2.42. The lowest BCUT2D eigenvalue weighted by atomic mass is 10.0. The van der Waals surface area contributed by atoms with E-state index in [2.05, 4.69) is 4.90 Å². The molecule has 0 aromatic heterocycles. The Hall–Kier alpha value is -1.68. The van der Waals surface area contributed by atoms with Gasteiger partial charge in [0.05, 0.1) is 13.0 Å². The fourth-order valence-electron chi connectivity index (χ4n) is 2.23.